The van der Waals surface area contributed by atoms with Gasteiger partial charge in [-0.2, -0.15) is 0 Å². The molecule has 7 heteroatoms. The van der Waals surface area contributed by atoms with Crippen LogP contribution >= 0.6 is 24.4 Å². The molecule has 0 radical (unpaired) electrons. The molecule has 1 aromatic rings. The van der Waals surface area contributed by atoms with Crippen molar-refractivity contribution in [1.29, 1.82) is 0 Å². The van der Waals surface area contributed by atoms with Crippen molar-refractivity contribution in [1.82, 2.24) is 15.6 Å². The minimum atomic E-state index is 0.00679. The molecule has 2 N–H and O–H groups in total. The summed E-state index contributed by atoms with van der Waals surface area (Å²) in [5.74, 6) is 0.00679. The van der Waals surface area contributed by atoms with Gasteiger partial charge >= 0.3 is 0 Å². The number of thioether (sulfide) groups is 1. The van der Waals surface area contributed by atoms with Crippen molar-refractivity contribution in [2.45, 2.75) is 69.7 Å². The van der Waals surface area contributed by atoms with E-state index >= 15 is 0 Å². The van der Waals surface area contributed by atoms with Crippen molar-refractivity contribution in [3.8, 4) is 0 Å². The van der Waals surface area contributed by atoms with Gasteiger partial charge in [-0.15, -0.1) is 24.4 Å². The van der Waals surface area contributed by atoms with Gasteiger partial charge in [-0.3, -0.25) is 4.79 Å². The molecule has 0 aliphatic rings. The van der Waals surface area contributed by atoms with Gasteiger partial charge < -0.3 is 15.6 Å². The van der Waals surface area contributed by atoms with E-state index in [1.807, 2.05) is 18.2 Å². The van der Waals surface area contributed by atoms with E-state index in [4.69, 9.17) is 0 Å². The highest BCUT2D eigenvalue weighted by Gasteiger charge is 2.21. The highest BCUT2D eigenvalue weighted by molar-refractivity contribution is 8.03. The largest absolute Gasteiger partial charge is 0.321 e. The molecule has 1 rings (SSSR count). The van der Waals surface area contributed by atoms with E-state index in [1.165, 1.54) is 0 Å². The topological polar surface area (TPSA) is 47.6 Å². The molecule has 0 aliphatic heterocycles. The quantitative estimate of drug-likeness (QED) is 0.312. The maximum Gasteiger partial charge on any atom is 0.226 e. The van der Waals surface area contributed by atoms with Crippen LogP contribution in [0.25, 0.3) is 0 Å². The number of benzene rings is 1. The van der Waals surface area contributed by atoms with Crippen molar-refractivity contribution >= 4 is 36.0 Å². The zero-order chi connectivity index (χ0) is 22.0. The molecule has 2 atom stereocenters. The molecular formula is C22H38N4OS2. The number of nitrogens with one attached hydrogen (secondary N) is 2. The summed E-state index contributed by atoms with van der Waals surface area (Å²) in [7, 11) is 2.06. The lowest BCUT2D eigenvalue weighted by Gasteiger charge is -2.38. The van der Waals surface area contributed by atoms with Crippen LogP contribution in [0.2, 0.25) is 0 Å². The SMILES string of the molecule is C=C(NC(=O)CCN[C@@H](C)CC)SC(C)CN(C(C)C)N(C)c1ccccc1S. The van der Waals surface area contributed by atoms with Gasteiger partial charge in [0.15, 0.2) is 0 Å². The number of hydrazine groups is 1. The minimum Gasteiger partial charge on any atom is -0.321 e. The van der Waals surface area contributed by atoms with Crippen LogP contribution in [0.1, 0.15) is 47.5 Å². The molecule has 0 heterocycles. The summed E-state index contributed by atoms with van der Waals surface area (Å²) in [4.78, 5) is 13.1. The number of carbonyl (C=O) groups excluding carboxylic acids is 1. The Morgan fingerprint density at radius 1 is 1.24 bits per heavy atom. The predicted molar refractivity (Wildman–Crippen MR) is 131 cm³/mol. The Bertz CT molecular complexity index is 653. The summed E-state index contributed by atoms with van der Waals surface area (Å²) < 4.78 is 0. The van der Waals surface area contributed by atoms with Gasteiger partial charge in [0.1, 0.15) is 0 Å². The molecule has 0 aromatic heterocycles. The number of thiol groups is 1. The lowest BCUT2D eigenvalue weighted by molar-refractivity contribution is -0.120. The first-order valence-electron chi connectivity index (χ1n) is 10.3. The molecular weight excluding hydrogens is 400 g/mol. The number of nitrogens with zero attached hydrogens (tertiary/aromatic N) is 2. The van der Waals surface area contributed by atoms with E-state index < -0.39 is 0 Å². The normalized spacial score (nSPS) is 13.4. The third kappa shape index (κ3) is 9.47. The fourth-order valence-electron chi connectivity index (χ4n) is 2.92. The van der Waals surface area contributed by atoms with E-state index in [1.54, 1.807) is 11.8 Å². The first-order valence-corrected chi connectivity index (χ1v) is 11.6. The average molecular weight is 439 g/mol. The van der Waals surface area contributed by atoms with E-state index in [-0.39, 0.29) is 11.2 Å². The number of hydrogen-bond acceptors (Lipinski definition) is 6. The lowest BCUT2D eigenvalue weighted by Crippen LogP contribution is -2.47. The molecule has 1 aromatic carbocycles. The van der Waals surface area contributed by atoms with Crippen LogP contribution in [-0.2, 0) is 4.79 Å². The monoisotopic (exact) mass is 438 g/mol. The molecule has 1 amide bonds. The lowest BCUT2D eigenvalue weighted by atomic mass is 10.2. The molecule has 0 saturated carbocycles. The second-order valence-electron chi connectivity index (χ2n) is 7.64. The summed E-state index contributed by atoms with van der Waals surface area (Å²) in [5.41, 5.74) is 1.07. The van der Waals surface area contributed by atoms with Gasteiger partial charge in [0.05, 0.1) is 10.7 Å². The number of hydrogen-bond donors (Lipinski definition) is 3. The Labute approximate surface area is 187 Å². The maximum atomic E-state index is 12.1. The Balaban J connectivity index is 2.54. The zero-order valence-electron chi connectivity index (χ0n) is 18.7. The highest BCUT2D eigenvalue weighted by atomic mass is 32.2. The Hall–Kier alpha value is -1.15. The number of rotatable bonds is 13. The first kappa shape index (κ1) is 25.9. The minimum absolute atomic E-state index is 0.00679. The van der Waals surface area contributed by atoms with E-state index in [9.17, 15) is 4.79 Å². The zero-order valence-corrected chi connectivity index (χ0v) is 20.4. The number of carbonyl (C=O) groups is 1. The third-order valence-corrected chi connectivity index (χ3v) is 6.05. The van der Waals surface area contributed by atoms with Gasteiger partial charge in [0.25, 0.3) is 0 Å². The van der Waals surface area contributed by atoms with Crippen molar-refractivity contribution in [3.63, 3.8) is 0 Å². The van der Waals surface area contributed by atoms with Crippen LogP contribution in [0.4, 0.5) is 5.69 Å². The third-order valence-electron chi connectivity index (χ3n) is 4.74. The Kier molecular flexibility index (Phi) is 11.8. The fraction of sp³-hybridized carbons (Fsp3) is 0.591. The first-order chi connectivity index (χ1) is 13.6. The van der Waals surface area contributed by atoms with Gasteiger partial charge in [-0.1, -0.05) is 32.6 Å². The van der Waals surface area contributed by atoms with Crippen LogP contribution in [0.3, 0.4) is 0 Å². The van der Waals surface area contributed by atoms with E-state index in [0.29, 0.717) is 30.1 Å². The molecule has 1 unspecified atom stereocenters. The molecule has 29 heavy (non-hydrogen) atoms. The average Bonchev–Trinajstić information content (AvgIpc) is 2.65. The van der Waals surface area contributed by atoms with Gasteiger partial charge in [0, 0.05) is 48.8 Å². The van der Waals surface area contributed by atoms with Crippen molar-refractivity contribution in [2.24, 2.45) is 0 Å². The molecule has 0 aliphatic carbocycles. The maximum absolute atomic E-state index is 12.1. The second-order valence-corrected chi connectivity index (χ2v) is 9.66. The summed E-state index contributed by atoms with van der Waals surface area (Å²) in [6.45, 7) is 16.3. The highest BCUT2D eigenvalue weighted by Crippen LogP contribution is 2.26. The van der Waals surface area contributed by atoms with E-state index in [2.05, 4.69) is 87.6 Å². The van der Waals surface area contributed by atoms with Crippen molar-refractivity contribution < 1.29 is 4.79 Å². The predicted octanol–water partition coefficient (Wildman–Crippen LogP) is 4.52. The van der Waals surface area contributed by atoms with Crippen LogP contribution in [0.15, 0.2) is 40.8 Å². The standard InChI is InChI=1S/C22H38N4OS2/c1-8-17(4)23-14-13-22(27)24-19(6)29-18(5)15-26(16(2)3)25(7)20-11-9-10-12-21(20)28/h9-12,16-18,23,28H,6,8,13-15H2,1-5,7H3,(H,24,27)/t17-,18?/m0/s1. The van der Waals surface area contributed by atoms with Crippen molar-refractivity contribution in [2.75, 3.05) is 25.1 Å². The molecule has 0 spiro atoms. The number of amides is 1. The van der Waals surface area contributed by atoms with Crippen molar-refractivity contribution in [3.05, 3.63) is 35.9 Å². The fourth-order valence-corrected chi connectivity index (χ4v) is 4.11. The van der Waals surface area contributed by atoms with Crippen LogP contribution in [0.5, 0.6) is 0 Å². The molecule has 0 saturated heterocycles. The van der Waals surface area contributed by atoms with Gasteiger partial charge in [-0.25, -0.2) is 5.01 Å². The summed E-state index contributed by atoms with van der Waals surface area (Å²) in [6.07, 6.45) is 1.51. The smallest absolute Gasteiger partial charge is 0.226 e. The van der Waals surface area contributed by atoms with Crippen LogP contribution in [-0.4, -0.2) is 48.4 Å². The Morgan fingerprint density at radius 2 is 1.90 bits per heavy atom. The van der Waals surface area contributed by atoms with Gasteiger partial charge in [-0.05, 0) is 39.3 Å². The molecule has 164 valence electrons. The van der Waals surface area contributed by atoms with Crippen LogP contribution in [0, 0.1) is 0 Å². The number of anilines is 1. The molecule has 0 fully saturated rings. The molecule has 5 nitrogen and oxygen atoms in total. The number of para-hydroxylation sites is 1. The van der Waals surface area contributed by atoms with Crippen LogP contribution < -0.4 is 15.6 Å². The van der Waals surface area contributed by atoms with E-state index in [0.717, 1.165) is 23.5 Å². The summed E-state index contributed by atoms with van der Waals surface area (Å²) in [6, 6.07) is 8.84. The molecule has 0 bridgehead atoms. The Morgan fingerprint density at radius 3 is 2.48 bits per heavy atom. The summed E-state index contributed by atoms with van der Waals surface area (Å²) in [5, 5.41) is 11.7. The van der Waals surface area contributed by atoms with Gasteiger partial charge in [0.2, 0.25) is 5.91 Å². The second kappa shape index (κ2) is 13.2. The summed E-state index contributed by atoms with van der Waals surface area (Å²) >= 11 is 6.19.